The molecule has 1 N–H and O–H groups in total. The number of anilines is 1. The molecule has 0 atom stereocenters. The second-order valence-electron chi connectivity index (χ2n) is 6.84. The van der Waals surface area contributed by atoms with Gasteiger partial charge in [-0.05, 0) is 42.8 Å². The molecular weight excluding hydrogens is 446 g/mol. The van der Waals surface area contributed by atoms with Gasteiger partial charge in [-0.1, -0.05) is 45.8 Å². The highest BCUT2D eigenvalue weighted by molar-refractivity contribution is 9.10. The highest BCUT2D eigenvalue weighted by Crippen LogP contribution is 2.16. The summed E-state index contributed by atoms with van der Waals surface area (Å²) in [5, 5.41) is 11.4. The number of aromatic nitrogens is 4. The molecule has 0 saturated heterocycles. The standard InChI is InChI=1S/C22H20BrN5O2/c1-16-3-2-4-17(11-16)13-28-14-19(12-24-28)25-22(29)21-9-10-27(26-21)15-30-20-7-5-18(23)6-8-20/h2-12,14H,13,15H2,1H3,(H,25,29). The van der Waals surface area contributed by atoms with Crippen molar-refractivity contribution in [1.82, 2.24) is 19.6 Å². The predicted molar refractivity (Wildman–Crippen MR) is 117 cm³/mol. The van der Waals surface area contributed by atoms with E-state index in [1.807, 2.05) is 30.3 Å². The Morgan fingerprint density at radius 2 is 1.97 bits per heavy atom. The smallest absolute Gasteiger partial charge is 0.276 e. The van der Waals surface area contributed by atoms with Crippen LogP contribution in [0.25, 0.3) is 0 Å². The third-order valence-corrected chi connectivity index (χ3v) is 4.90. The summed E-state index contributed by atoms with van der Waals surface area (Å²) in [6, 6.07) is 17.4. The van der Waals surface area contributed by atoms with E-state index in [1.54, 1.807) is 34.0 Å². The fraction of sp³-hybridized carbons (Fsp3) is 0.136. The molecule has 0 bridgehead atoms. The largest absolute Gasteiger partial charge is 0.471 e. The van der Waals surface area contributed by atoms with E-state index in [4.69, 9.17) is 4.74 Å². The van der Waals surface area contributed by atoms with E-state index in [1.165, 1.54) is 5.56 Å². The van der Waals surface area contributed by atoms with Gasteiger partial charge in [-0.3, -0.25) is 9.48 Å². The first kappa shape index (κ1) is 19.9. The summed E-state index contributed by atoms with van der Waals surface area (Å²) in [6.07, 6.45) is 5.13. The molecule has 0 aliphatic rings. The molecule has 0 spiro atoms. The average molecular weight is 466 g/mol. The third kappa shape index (κ3) is 5.15. The van der Waals surface area contributed by atoms with Crippen LogP contribution >= 0.6 is 15.9 Å². The summed E-state index contributed by atoms with van der Waals surface area (Å²) in [7, 11) is 0. The molecule has 1 amide bonds. The molecule has 4 rings (SSSR count). The van der Waals surface area contributed by atoms with Gasteiger partial charge in [0.05, 0.1) is 18.4 Å². The average Bonchev–Trinajstić information content (AvgIpc) is 3.37. The topological polar surface area (TPSA) is 74.0 Å². The minimum absolute atomic E-state index is 0.212. The predicted octanol–water partition coefficient (Wildman–Crippen LogP) is 4.49. The zero-order chi connectivity index (χ0) is 20.9. The van der Waals surface area contributed by atoms with Crippen LogP contribution in [0.2, 0.25) is 0 Å². The van der Waals surface area contributed by atoms with Crippen LogP contribution in [0.15, 0.2) is 77.7 Å². The number of halogens is 1. The third-order valence-electron chi connectivity index (χ3n) is 4.37. The van der Waals surface area contributed by atoms with E-state index in [0.29, 0.717) is 17.9 Å². The van der Waals surface area contributed by atoms with Crippen LogP contribution in [0, 0.1) is 6.92 Å². The van der Waals surface area contributed by atoms with Gasteiger partial charge in [0.2, 0.25) is 0 Å². The van der Waals surface area contributed by atoms with Gasteiger partial charge in [0.15, 0.2) is 12.4 Å². The SMILES string of the molecule is Cc1cccc(Cn2cc(NC(=O)c3ccn(COc4ccc(Br)cc4)n3)cn2)c1. The lowest BCUT2D eigenvalue weighted by Gasteiger charge is -2.06. The van der Waals surface area contributed by atoms with Gasteiger partial charge in [0.25, 0.3) is 5.91 Å². The van der Waals surface area contributed by atoms with Gasteiger partial charge in [-0.25, -0.2) is 4.68 Å². The van der Waals surface area contributed by atoms with Crippen molar-refractivity contribution in [2.45, 2.75) is 20.2 Å². The minimum Gasteiger partial charge on any atom is -0.471 e. The summed E-state index contributed by atoms with van der Waals surface area (Å²) in [4.78, 5) is 12.5. The van der Waals surface area contributed by atoms with Crippen LogP contribution in [-0.2, 0) is 13.3 Å². The van der Waals surface area contributed by atoms with Crippen molar-refractivity contribution in [3.05, 3.63) is 94.5 Å². The Hall–Kier alpha value is -3.39. The van der Waals surface area contributed by atoms with Gasteiger partial charge in [0, 0.05) is 16.9 Å². The van der Waals surface area contributed by atoms with Crippen LogP contribution in [0.1, 0.15) is 21.6 Å². The molecule has 4 aromatic rings. The Morgan fingerprint density at radius 1 is 1.13 bits per heavy atom. The molecule has 0 aliphatic heterocycles. The first-order valence-electron chi connectivity index (χ1n) is 9.36. The number of hydrogen-bond acceptors (Lipinski definition) is 4. The molecule has 2 aromatic heterocycles. The zero-order valence-corrected chi connectivity index (χ0v) is 17.9. The van der Waals surface area contributed by atoms with Crippen molar-refractivity contribution >= 4 is 27.5 Å². The van der Waals surface area contributed by atoms with E-state index in [-0.39, 0.29) is 12.6 Å². The Kier molecular flexibility index (Phi) is 5.94. The molecule has 2 heterocycles. The molecule has 30 heavy (non-hydrogen) atoms. The fourth-order valence-electron chi connectivity index (χ4n) is 2.93. The molecule has 0 unspecified atom stereocenters. The Morgan fingerprint density at radius 3 is 2.77 bits per heavy atom. The molecule has 7 nitrogen and oxygen atoms in total. The zero-order valence-electron chi connectivity index (χ0n) is 16.3. The molecule has 8 heteroatoms. The second kappa shape index (κ2) is 8.96. The van der Waals surface area contributed by atoms with Crippen molar-refractivity contribution in [3.8, 4) is 5.75 Å². The number of carbonyl (C=O) groups is 1. The molecule has 0 aliphatic carbocycles. The van der Waals surface area contributed by atoms with Crippen LogP contribution in [0.3, 0.4) is 0 Å². The molecule has 0 radical (unpaired) electrons. The Labute approximate surface area is 182 Å². The van der Waals surface area contributed by atoms with E-state index < -0.39 is 0 Å². The maximum atomic E-state index is 12.5. The fourth-order valence-corrected chi connectivity index (χ4v) is 3.20. The highest BCUT2D eigenvalue weighted by Gasteiger charge is 2.11. The number of aryl methyl sites for hydroxylation is 1. The van der Waals surface area contributed by atoms with Gasteiger partial charge in [-0.15, -0.1) is 0 Å². The van der Waals surface area contributed by atoms with Crippen molar-refractivity contribution in [1.29, 1.82) is 0 Å². The van der Waals surface area contributed by atoms with Crippen LogP contribution < -0.4 is 10.1 Å². The summed E-state index contributed by atoms with van der Waals surface area (Å²) in [6.45, 7) is 2.91. The summed E-state index contributed by atoms with van der Waals surface area (Å²) < 4.78 is 10.00. The maximum Gasteiger partial charge on any atom is 0.276 e. The van der Waals surface area contributed by atoms with E-state index in [9.17, 15) is 4.79 Å². The van der Waals surface area contributed by atoms with Crippen LogP contribution in [0.4, 0.5) is 5.69 Å². The lowest BCUT2D eigenvalue weighted by molar-refractivity contribution is 0.102. The number of nitrogens with one attached hydrogen (secondary N) is 1. The van der Waals surface area contributed by atoms with Gasteiger partial charge >= 0.3 is 0 Å². The summed E-state index contributed by atoms with van der Waals surface area (Å²) >= 11 is 3.39. The second-order valence-corrected chi connectivity index (χ2v) is 7.75. The normalized spacial score (nSPS) is 10.7. The van der Waals surface area contributed by atoms with Gasteiger partial charge in [-0.2, -0.15) is 10.2 Å². The Bertz CT molecular complexity index is 1150. The number of nitrogens with zero attached hydrogens (tertiary/aromatic N) is 4. The summed E-state index contributed by atoms with van der Waals surface area (Å²) in [5.41, 5.74) is 3.28. The molecule has 0 saturated carbocycles. The number of carbonyl (C=O) groups excluding carboxylic acids is 1. The summed E-state index contributed by atoms with van der Waals surface area (Å²) in [5.74, 6) is 0.424. The molecular formula is C22H20BrN5O2. The number of rotatable bonds is 7. The first-order valence-corrected chi connectivity index (χ1v) is 10.2. The molecule has 152 valence electrons. The van der Waals surface area contributed by atoms with Crippen LogP contribution in [-0.4, -0.2) is 25.5 Å². The minimum atomic E-state index is -0.299. The molecule has 0 fully saturated rings. The number of amides is 1. The monoisotopic (exact) mass is 465 g/mol. The van der Waals surface area contributed by atoms with Crippen LogP contribution in [0.5, 0.6) is 5.75 Å². The van der Waals surface area contributed by atoms with E-state index in [0.717, 1.165) is 15.8 Å². The Balaban J connectivity index is 1.33. The van der Waals surface area contributed by atoms with Crippen molar-refractivity contribution in [2.75, 3.05) is 5.32 Å². The molecule has 2 aromatic carbocycles. The first-order chi connectivity index (χ1) is 14.5. The van der Waals surface area contributed by atoms with Crippen molar-refractivity contribution < 1.29 is 9.53 Å². The van der Waals surface area contributed by atoms with Gasteiger partial charge in [0.1, 0.15) is 5.75 Å². The quantitative estimate of drug-likeness (QED) is 0.436. The van der Waals surface area contributed by atoms with E-state index in [2.05, 4.69) is 56.6 Å². The number of benzene rings is 2. The van der Waals surface area contributed by atoms with Crippen molar-refractivity contribution in [3.63, 3.8) is 0 Å². The van der Waals surface area contributed by atoms with Gasteiger partial charge < -0.3 is 10.1 Å². The lowest BCUT2D eigenvalue weighted by Crippen LogP contribution is -2.14. The van der Waals surface area contributed by atoms with E-state index >= 15 is 0 Å². The number of hydrogen-bond donors (Lipinski definition) is 1. The number of ether oxygens (including phenoxy) is 1. The highest BCUT2D eigenvalue weighted by atomic mass is 79.9. The maximum absolute atomic E-state index is 12.5. The lowest BCUT2D eigenvalue weighted by atomic mass is 10.1. The van der Waals surface area contributed by atoms with Crippen molar-refractivity contribution in [2.24, 2.45) is 0 Å².